The van der Waals surface area contributed by atoms with Gasteiger partial charge in [-0.2, -0.15) is 0 Å². The maximum Gasteiger partial charge on any atom is 0.255 e. The number of carbonyl (C=O) groups excluding carboxylic acids is 1. The Labute approximate surface area is 167 Å². The summed E-state index contributed by atoms with van der Waals surface area (Å²) in [7, 11) is 1.67. The number of ether oxygens (including phenoxy) is 2. The smallest absolute Gasteiger partial charge is 0.255 e. The molecule has 1 aliphatic heterocycles. The largest absolute Gasteiger partial charge is 0.497 e. The number of methoxy groups -OCH3 is 1. The number of nitrogens with zero attached hydrogens (tertiary/aromatic N) is 1. The molecule has 0 aromatic heterocycles. The van der Waals surface area contributed by atoms with Crippen molar-refractivity contribution in [3.63, 3.8) is 0 Å². The summed E-state index contributed by atoms with van der Waals surface area (Å²) in [5.41, 5.74) is 1.78. The van der Waals surface area contributed by atoms with E-state index in [1.807, 2.05) is 43.3 Å². The SMILES string of the molecule is CCOc1ccccc1C(=O)NC[C@H](c1ccc(OC)cc1)N1CCCCC1. The molecule has 1 fully saturated rings. The highest BCUT2D eigenvalue weighted by molar-refractivity contribution is 5.96. The number of hydrogen-bond donors (Lipinski definition) is 1. The molecular weight excluding hydrogens is 352 g/mol. The first-order valence-electron chi connectivity index (χ1n) is 10.1. The number of nitrogens with one attached hydrogen (secondary N) is 1. The van der Waals surface area contributed by atoms with Gasteiger partial charge in [-0.3, -0.25) is 9.69 Å². The van der Waals surface area contributed by atoms with Gasteiger partial charge in [-0.25, -0.2) is 0 Å². The predicted octanol–water partition coefficient (Wildman–Crippen LogP) is 4.05. The minimum Gasteiger partial charge on any atom is -0.497 e. The third kappa shape index (κ3) is 5.04. The fourth-order valence-corrected chi connectivity index (χ4v) is 3.73. The van der Waals surface area contributed by atoms with Crippen LogP contribution < -0.4 is 14.8 Å². The number of para-hydroxylation sites is 1. The first-order chi connectivity index (χ1) is 13.7. The standard InChI is InChI=1S/C23H30N2O3/c1-3-28-22-10-6-5-9-20(22)23(26)24-17-21(25-15-7-4-8-16-25)18-11-13-19(27-2)14-12-18/h5-6,9-14,21H,3-4,7-8,15-17H2,1-2H3,(H,24,26)/t21-/m1/s1. The van der Waals surface area contributed by atoms with E-state index >= 15 is 0 Å². The number of rotatable bonds is 8. The minimum atomic E-state index is -0.0976. The summed E-state index contributed by atoms with van der Waals surface area (Å²) < 4.78 is 10.9. The number of hydrogen-bond acceptors (Lipinski definition) is 4. The van der Waals surface area contributed by atoms with Crippen LogP contribution >= 0.6 is 0 Å². The van der Waals surface area contributed by atoms with Gasteiger partial charge in [0.15, 0.2) is 0 Å². The van der Waals surface area contributed by atoms with Gasteiger partial charge in [-0.15, -0.1) is 0 Å². The Morgan fingerprint density at radius 2 is 1.79 bits per heavy atom. The average Bonchev–Trinajstić information content (AvgIpc) is 2.75. The Morgan fingerprint density at radius 1 is 1.07 bits per heavy atom. The van der Waals surface area contributed by atoms with E-state index in [1.165, 1.54) is 24.8 Å². The molecule has 0 aliphatic carbocycles. The summed E-state index contributed by atoms with van der Waals surface area (Å²) >= 11 is 0. The van der Waals surface area contributed by atoms with E-state index in [4.69, 9.17) is 9.47 Å². The molecule has 2 aromatic rings. The molecule has 5 heteroatoms. The third-order valence-electron chi connectivity index (χ3n) is 5.22. The topological polar surface area (TPSA) is 50.8 Å². The summed E-state index contributed by atoms with van der Waals surface area (Å²) in [6.07, 6.45) is 3.68. The Morgan fingerprint density at radius 3 is 2.46 bits per heavy atom. The van der Waals surface area contributed by atoms with E-state index in [9.17, 15) is 4.79 Å². The van der Waals surface area contributed by atoms with Crippen molar-refractivity contribution in [2.45, 2.75) is 32.2 Å². The van der Waals surface area contributed by atoms with Crippen molar-refractivity contribution in [3.05, 3.63) is 59.7 Å². The van der Waals surface area contributed by atoms with Gasteiger partial charge in [0.2, 0.25) is 0 Å². The number of piperidine rings is 1. The van der Waals surface area contributed by atoms with Crippen LogP contribution in [0, 0.1) is 0 Å². The summed E-state index contributed by atoms with van der Waals surface area (Å²) in [6, 6.07) is 15.7. The molecule has 0 radical (unpaired) electrons. The van der Waals surface area contributed by atoms with Crippen molar-refractivity contribution >= 4 is 5.91 Å². The van der Waals surface area contributed by atoms with Crippen LogP contribution in [0.1, 0.15) is 48.1 Å². The predicted molar refractivity (Wildman–Crippen MR) is 111 cm³/mol. The van der Waals surface area contributed by atoms with Crippen LogP contribution in [-0.4, -0.2) is 44.2 Å². The quantitative estimate of drug-likeness (QED) is 0.748. The van der Waals surface area contributed by atoms with Crippen LogP contribution in [0.3, 0.4) is 0 Å². The molecule has 0 unspecified atom stereocenters. The van der Waals surface area contributed by atoms with Crippen LogP contribution in [0.5, 0.6) is 11.5 Å². The minimum absolute atomic E-state index is 0.0976. The Hall–Kier alpha value is -2.53. The van der Waals surface area contributed by atoms with Crippen LogP contribution in [0.2, 0.25) is 0 Å². The number of carbonyl (C=O) groups is 1. The molecule has 1 atom stereocenters. The Balaban J connectivity index is 1.74. The second-order valence-corrected chi connectivity index (χ2v) is 7.02. The summed E-state index contributed by atoms with van der Waals surface area (Å²) in [6.45, 7) is 5.13. The van der Waals surface area contributed by atoms with E-state index < -0.39 is 0 Å². The molecule has 1 aliphatic rings. The van der Waals surface area contributed by atoms with Gasteiger partial charge >= 0.3 is 0 Å². The molecule has 1 amide bonds. The molecule has 1 saturated heterocycles. The van der Waals surface area contributed by atoms with Crippen molar-refractivity contribution in [1.29, 1.82) is 0 Å². The molecule has 0 bridgehead atoms. The zero-order chi connectivity index (χ0) is 19.8. The maximum atomic E-state index is 12.8. The Kier molecular flexibility index (Phi) is 7.31. The number of benzene rings is 2. The van der Waals surface area contributed by atoms with Gasteiger partial charge in [0.05, 0.1) is 25.3 Å². The number of amides is 1. The third-order valence-corrected chi connectivity index (χ3v) is 5.22. The lowest BCUT2D eigenvalue weighted by Crippen LogP contribution is -2.40. The highest BCUT2D eigenvalue weighted by Crippen LogP contribution is 2.26. The normalized spacial score (nSPS) is 15.6. The van der Waals surface area contributed by atoms with E-state index in [0.29, 0.717) is 24.5 Å². The summed E-state index contributed by atoms with van der Waals surface area (Å²) in [5, 5.41) is 3.13. The van der Waals surface area contributed by atoms with Crippen molar-refractivity contribution in [2.24, 2.45) is 0 Å². The molecule has 0 saturated carbocycles. The first kappa shape index (κ1) is 20.2. The van der Waals surface area contributed by atoms with Crippen molar-refractivity contribution in [2.75, 3.05) is 33.4 Å². The molecule has 3 rings (SSSR count). The molecule has 5 nitrogen and oxygen atoms in total. The van der Waals surface area contributed by atoms with Gasteiger partial charge < -0.3 is 14.8 Å². The second kappa shape index (κ2) is 10.1. The molecule has 1 N–H and O–H groups in total. The molecule has 2 aromatic carbocycles. The van der Waals surface area contributed by atoms with Crippen molar-refractivity contribution in [1.82, 2.24) is 10.2 Å². The monoisotopic (exact) mass is 382 g/mol. The molecular formula is C23H30N2O3. The van der Waals surface area contributed by atoms with Gasteiger partial charge in [-0.1, -0.05) is 30.7 Å². The zero-order valence-corrected chi connectivity index (χ0v) is 16.8. The van der Waals surface area contributed by atoms with Crippen LogP contribution in [0.4, 0.5) is 0 Å². The number of likely N-dealkylation sites (tertiary alicyclic amines) is 1. The highest BCUT2D eigenvalue weighted by atomic mass is 16.5. The van der Waals surface area contributed by atoms with Gasteiger partial charge in [0.1, 0.15) is 11.5 Å². The fourth-order valence-electron chi connectivity index (χ4n) is 3.73. The van der Waals surface area contributed by atoms with E-state index in [0.717, 1.165) is 18.8 Å². The lowest BCUT2D eigenvalue weighted by molar-refractivity contribution is 0.0920. The van der Waals surface area contributed by atoms with E-state index in [-0.39, 0.29) is 11.9 Å². The van der Waals surface area contributed by atoms with Crippen LogP contribution in [0.25, 0.3) is 0 Å². The summed E-state index contributed by atoms with van der Waals surface area (Å²) in [5.74, 6) is 1.37. The zero-order valence-electron chi connectivity index (χ0n) is 16.8. The van der Waals surface area contributed by atoms with E-state index in [2.05, 4.69) is 22.3 Å². The maximum absolute atomic E-state index is 12.8. The molecule has 1 heterocycles. The van der Waals surface area contributed by atoms with Crippen molar-refractivity contribution < 1.29 is 14.3 Å². The average molecular weight is 383 g/mol. The first-order valence-corrected chi connectivity index (χ1v) is 10.1. The lowest BCUT2D eigenvalue weighted by Gasteiger charge is -2.35. The lowest BCUT2D eigenvalue weighted by atomic mass is 10.0. The second-order valence-electron chi connectivity index (χ2n) is 7.02. The van der Waals surface area contributed by atoms with Gasteiger partial charge in [-0.05, 0) is 62.7 Å². The molecule has 150 valence electrons. The fraction of sp³-hybridized carbons (Fsp3) is 0.435. The highest BCUT2D eigenvalue weighted by Gasteiger charge is 2.23. The molecule has 28 heavy (non-hydrogen) atoms. The summed E-state index contributed by atoms with van der Waals surface area (Å²) in [4.78, 5) is 15.3. The van der Waals surface area contributed by atoms with Gasteiger partial charge in [0, 0.05) is 6.54 Å². The van der Waals surface area contributed by atoms with Crippen molar-refractivity contribution in [3.8, 4) is 11.5 Å². The van der Waals surface area contributed by atoms with E-state index in [1.54, 1.807) is 7.11 Å². The van der Waals surface area contributed by atoms with Crippen LogP contribution in [0.15, 0.2) is 48.5 Å². The Bertz CT molecular complexity index is 755. The van der Waals surface area contributed by atoms with Gasteiger partial charge in [0.25, 0.3) is 5.91 Å². The van der Waals surface area contributed by atoms with Crippen LogP contribution in [-0.2, 0) is 0 Å². The molecule has 0 spiro atoms.